The Balaban J connectivity index is 1.92. The van der Waals surface area contributed by atoms with E-state index in [1.807, 2.05) is 24.3 Å². The molecule has 0 spiro atoms. The summed E-state index contributed by atoms with van der Waals surface area (Å²) in [7, 11) is 6.17. The Morgan fingerprint density at radius 2 is 1.72 bits per heavy atom. The molecule has 1 heterocycles. The van der Waals surface area contributed by atoms with Crippen LogP contribution in [-0.2, 0) is 16.0 Å². The highest BCUT2D eigenvalue weighted by molar-refractivity contribution is 6.09. The largest absolute Gasteiger partial charge is 0.493 e. The summed E-state index contributed by atoms with van der Waals surface area (Å²) in [5.41, 5.74) is 2.42. The van der Waals surface area contributed by atoms with Crippen LogP contribution in [0.3, 0.4) is 0 Å². The van der Waals surface area contributed by atoms with Gasteiger partial charge in [0, 0.05) is 25.2 Å². The van der Waals surface area contributed by atoms with E-state index in [-0.39, 0.29) is 11.8 Å². The third kappa shape index (κ3) is 3.89. The highest BCUT2D eigenvalue weighted by Gasteiger charge is 2.36. The van der Waals surface area contributed by atoms with Crippen molar-refractivity contribution in [3.63, 3.8) is 0 Å². The lowest BCUT2D eigenvalue weighted by Gasteiger charge is -2.23. The van der Waals surface area contributed by atoms with Gasteiger partial charge in [-0.25, -0.2) is 0 Å². The van der Waals surface area contributed by atoms with Crippen molar-refractivity contribution in [3.8, 4) is 17.2 Å². The molecule has 0 bridgehead atoms. The second kappa shape index (κ2) is 8.68. The fourth-order valence-corrected chi connectivity index (χ4v) is 3.48. The standard InChI is InChI=1S/C22H24N2O5/c1-23-22(26)17-13-15-7-5-6-8-16(15)24(17)20(25)10-9-14-11-18(27-2)21(29-4)19(12-14)28-3/h5-12,17H,13H2,1-4H3,(H,23,26)/b10-9+. The maximum absolute atomic E-state index is 13.0. The third-order valence-electron chi connectivity index (χ3n) is 4.87. The molecule has 2 aromatic rings. The first-order valence-electron chi connectivity index (χ1n) is 9.14. The van der Waals surface area contributed by atoms with Crippen LogP contribution in [0.25, 0.3) is 6.08 Å². The Morgan fingerprint density at radius 1 is 1.07 bits per heavy atom. The quantitative estimate of drug-likeness (QED) is 0.759. The molecule has 2 aromatic carbocycles. The summed E-state index contributed by atoms with van der Waals surface area (Å²) < 4.78 is 16.0. The minimum atomic E-state index is -0.575. The summed E-state index contributed by atoms with van der Waals surface area (Å²) in [6.07, 6.45) is 3.59. The van der Waals surface area contributed by atoms with Crippen molar-refractivity contribution in [2.75, 3.05) is 33.3 Å². The lowest BCUT2D eigenvalue weighted by atomic mass is 10.1. The Hall–Kier alpha value is -3.48. The number of methoxy groups -OCH3 is 3. The topological polar surface area (TPSA) is 77.1 Å². The molecule has 0 saturated heterocycles. The fourth-order valence-electron chi connectivity index (χ4n) is 3.48. The Morgan fingerprint density at radius 3 is 2.31 bits per heavy atom. The number of carbonyl (C=O) groups excluding carboxylic acids is 2. The van der Waals surface area contributed by atoms with Crippen LogP contribution in [0.4, 0.5) is 5.69 Å². The summed E-state index contributed by atoms with van der Waals surface area (Å²) in [4.78, 5) is 26.9. The second-order valence-corrected chi connectivity index (χ2v) is 6.46. The van der Waals surface area contributed by atoms with Gasteiger partial charge in [0.2, 0.25) is 11.7 Å². The van der Waals surface area contributed by atoms with Crippen LogP contribution in [0.1, 0.15) is 11.1 Å². The zero-order chi connectivity index (χ0) is 21.0. The van der Waals surface area contributed by atoms with E-state index in [0.29, 0.717) is 29.2 Å². The van der Waals surface area contributed by atoms with E-state index in [9.17, 15) is 9.59 Å². The summed E-state index contributed by atoms with van der Waals surface area (Å²) in [5, 5.41) is 2.64. The highest BCUT2D eigenvalue weighted by Crippen LogP contribution is 2.38. The molecule has 1 atom stereocenters. The van der Waals surface area contributed by atoms with Crippen molar-refractivity contribution in [1.82, 2.24) is 5.32 Å². The van der Waals surface area contributed by atoms with Gasteiger partial charge in [-0.1, -0.05) is 18.2 Å². The van der Waals surface area contributed by atoms with Gasteiger partial charge in [-0.3, -0.25) is 14.5 Å². The van der Waals surface area contributed by atoms with Gasteiger partial charge in [0.05, 0.1) is 21.3 Å². The number of benzene rings is 2. The molecule has 1 aliphatic rings. The van der Waals surface area contributed by atoms with E-state index in [1.165, 1.54) is 32.3 Å². The number of anilines is 1. The first-order chi connectivity index (χ1) is 14.0. The molecule has 0 aromatic heterocycles. The van der Waals surface area contributed by atoms with Crippen LogP contribution >= 0.6 is 0 Å². The molecule has 1 N–H and O–H groups in total. The number of fused-ring (bicyclic) bond motifs is 1. The molecule has 1 aliphatic heterocycles. The summed E-state index contributed by atoms with van der Waals surface area (Å²) >= 11 is 0. The van der Waals surface area contributed by atoms with Crippen molar-refractivity contribution in [2.45, 2.75) is 12.5 Å². The molecule has 1 unspecified atom stereocenters. The van der Waals surface area contributed by atoms with Crippen molar-refractivity contribution < 1.29 is 23.8 Å². The van der Waals surface area contributed by atoms with Crippen molar-refractivity contribution in [3.05, 3.63) is 53.6 Å². The molecule has 2 amide bonds. The molecule has 0 aliphatic carbocycles. The number of rotatable bonds is 6. The number of ether oxygens (including phenoxy) is 3. The van der Waals surface area contributed by atoms with E-state index in [0.717, 1.165) is 11.3 Å². The minimum Gasteiger partial charge on any atom is -0.493 e. The molecular weight excluding hydrogens is 372 g/mol. The third-order valence-corrected chi connectivity index (χ3v) is 4.87. The lowest BCUT2D eigenvalue weighted by molar-refractivity contribution is -0.124. The maximum Gasteiger partial charge on any atom is 0.251 e. The highest BCUT2D eigenvalue weighted by atomic mass is 16.5. The van der Waals surface area contributed by atoms with E-state index < -0.39 is 6.04 Å². The van der Waals surface area contributed by atoms with Gasteiger partial charge >= 0.3 is 0 Å². The fraction of sp³-hybridized carbons (Fsp3) is 0.273. The SMILES string of the molecule is CNC(=O)C1Cc2ccccc2N1C(=O)/C=C/c1cc(OC)c(OC)c(OC)c1. The molecule has 152 valence electrons. The molecule has 7 heteroatoms. The van der Waals surface area contributed by atoms with Crippen LogP contribution in [0.2, 0.25) is 0 Å². The number of nitrogens with zero attached hydrogens (tertiary/aromatic N) is 1. The molecule has 0 radical (unpaired) electrons. The van der Waals surface area contributed by atoms with Crippen LogP contribution in [0.15, 0.2) is 42.5 Å². The summed E-state index contributed by atoms with van der Waals surface area (Å²) in [6, 6.07) is 10.5. The summed E-state index contributed by atoms with van der Waals surface area (Å²) in [5.74, 6) is 0.988. The van der Waals surface area contributed by atoms with Gasteiger partial charge in [-0.2, -0.15) is 0 Å². The van der Waals surface area contributed by atoms with Crippen LogP contribution in [0.5, 0.6) is 17.2 Å². The molecule has 0 saturated carbocycles. The first-order valence-corrected chi connectivity index (χ1v) is 9.14. The monoisotopic (exact) mass is 396 g/mol. The predicted molar refractivity (Wildman–Crippen MR) is 111 cm³/mol. The van der Waals surface area contributed by atoms with Gasteiger partial charge < -0.3 is 19.5 Å². The average molecular weight is 396 g/mol. The Bertz CT molecular complexity index is 929. The van der Waals surface area contributed by atoms with Gasteiger partial charge in [-0.15, -0.1) is 0 Å². The van der Waals surface area contributed by atoms with Crippen LogP contribution in [-0.4, -0.2) is 46.2 Å². The van der Waals surface area contributed by atoms with E-state index in [1.54, 1.807) is 25.3 Å². The Kier molecular flexibility index (Phi) is 6.07. The zero-order valence-electron chi connectivity index (χ0n) is 16.9. The number of hydrogen-bond acceptors (Lipinski definition) is 5. The minimum absolute atomic E-state index is 0.198. The second-order valence-electron chi connectivity index (χ2n) is 6.46. The van der Waals surface area contributed by atoms with E-state index in [4.69, 9.17) is 14.2 Å². The average Bonchev–Trinajstić information content (AvgIpc) is 3.15. The number of carbonyl (C=O) groups is 2. The van der Waals surface area contributed by atoms with Crippen LogP contribution < -0.4 is 24.4 Å². The van der Waals surface area contributed by atoms with Gasteiger partial charge in [0.1, 0.15) is 6.04 Å². The predicted octanol–water partition coefficient (Wildman–Crippen LogP) is 2.43. The normalized spacial score (nSPS) is 15.2. The van der Waals surface area contributed by atoms with Crippen molar-refractivity contribution in [1.29, 1.82) is 0 Å². The van der Waals surface area contributed by atoms with E-state index >= 15 is 0 Å². The number of nitrogens with one attached hydrogen (secondary N) is 1. The Labute approximate surface area is 169 Å². The van der Waals surface area contributed by atoms with Crippen molar-refractivity contribution in [2.24, 2.45) is 0 Å². The summed E-state index contributed by atoms with van der Waals surface area (Å²) in [6.45, 7) is 0. The smallest absolute Gasteiger partial charge is 0.251 e. The molecule has 0 fully saturated rings. The number of amides is 2. The molecular formula is C22H24N2O5. The number of para-hydroxylation sites is 1. The first kappa shape index (κ1) is 20.3. The van der Waals surface area contributed by atoms with Gasteiger partial charge in [-0.05, 0) is 35.4 Å². The number of likely N-dealkylation sites (N-methyl/N-ethyl adjacent to an activating group) is 1. The lowest BCUT2D eigenvalue weighted by Crippen LogP contribution is -2.46. The molecule has 7 nitrogen and oxygen atoms in total. The molecule has 3 rings (SSSR count). The maximum atomic E-state index is 13.0. The van der Waals surface area contributed by atoms with Gasteiger partial charge in [0.25, 0.3) is 5.91 Å². The van der Waals surface area contributed by atoms with Crippen LogP contribution in [0, 0.1) is 0 Å². The zero-order valence-corrected chi connectivity index (χ0v) is 16.9. The van der Waals surface area contributed by atoms with E-state index in [2.05, 4.69) is 5.32 Å². The van der Waals surface area contributed by atoms with Crippen molar-refractivity contribution >= 4 is 23.6 Å². The number of hydrogen-bond donors (Lipinski definition) is 1. The van der Waals surface area contributed by atoms with Gasteiger partial charge in [0.15, 0.2) is 11.5 Å². The molecule has 29 heavy (non-hydrogen) atoms.